The van der Waals surface area contributed by atoms with Crippen molar-refractivity contribution in [1.82, 2.24) is 4.31 Å². The number of benzene rings is 1. The van der Waals surface area contributed by atoms with Crippen molar-refractivity contribution in [2.75, 3.05) is 0 Å². The lowest BCUT2D eigenvalue weighted by Gasteiger charge is -2.21. The number of hydrogen-bond donors (Lipinski definition) is 0. The normalized spacial score (nSPS) is 15.7. The second-order valence-electron chi connectivity index (χ2n) is 5.23. The van der Waals surface area contributed by atoms with Gasteiger partial charge in [0.25, 0.3) is 0 Å². The zero-order chi connectivity index (χ0) is 14.2. The molecule has 0 saturated heterocycles. The van der Waals surface area contributed by atoms with Gasteiger partial charge in [-0.3, -0.25) is 0 Å². The standard InChI is InChI=1S/C15H17NO2S2/c1-12-3-2-4-15(9-12)20(17,18)16(14-5-6-14)10-13-7-8-19-11-13/h2-4,7-9,11,14H,5-6,10H2,1H3. The number of sulfonamides is 1. The lowest BCUT2D eigenvalue weighted by molar-refractivity contribution is 0.399. The van der Waals surface area contributed by atoms with Crippen LogP contribution in [0.25, 0.3) is 0 Å². The van der Waals surface area contributed by atoms with Gasteiger partial charge in [-0.2, -0.15) is 15.6 Å². The average Bonchev–Trinajstić information content (AvgIpc) is 3.12. The van der Waals surface area contributed by atoms with E-state index in [-0.39, 0.29) is 6.04 Å². The first-order valence-electron chi connectivity index (χ1n) is 6.67. The van der Waals surface area contributed by atoms with Crippen molar-refractivity contribution < 1.29 is 8.42 Å². The van der Waals surface area contributed by atoms with Crippen molar-refractivity contribution in [2.45, 2.75) is 37.2 Å². The SMILES string of the molecule is Cc1cccc(S(=O)(=O)N(Cc2ccsc2)C2CC2)c1. The van der Waals surface area contributed by atoms with Gasteiger partial charge in [-0.05, 0) is 59.9 Å². The molecule has 0 aliphatic heterocycles. The van der Waals surface area contributed by atoms with Gasteiger partial charge in [-0.15, -0.1) is 0 Å². The molecule has 0 bridgehead atoms. The first-order chi connectivity index (χ1) is 9.57. The Balaban J connectivity index is 1.94. The van der Waals surface area contributed by atoms with Crippen LogP contribution >= 0.6 is 11.3 Å². The zero-order valence-corrected chi connectivity index (χ0v) is 13.0. The topological polar surface area (TPSA) is 37.4 Å². The predicted octanol–water partition coefficient (Wildman–Crippen LogP) is 3.41. The lowest BCUT2D eigenvalue weighted by Crippen LogP contribution is -2.32. The Kier molecular flexibility index (Phi) is 3.67. The van der Waals surface area contributed by atoms with E-state index in [9.17, 15) is 8.42 Å². The number of nitrogens with zero attached hydrogens (tertiary/aromatic N) is 1. The molecular formula is C15H17NO2S2. The molecule has 2 aromatic rings. The van der Waals surface area contributed by atoms with E-state index in [1.807, 2.05) is 29.8 Å². The van der Waals surface area contributed by atoms with Crippen molar-refractivity contribution in [3.05, 3.63) is 52.2 Å². The highest BCUT2D eigenvalue weighted by Crippen LogP contribution is 2.33. The average molecular weight is 307 g/mol. The first-order valence-corrected chi connectivity index (χ1v) is 9.05. The Labute approximate surface area is 123 Å². The Morgan fingerprint density at radius 2 is 2.10 bits per heavy atom. The maximum atomic E-state index is 12.8. The van der Waals surface area contributed by atoms with E-state index < -0.39 is 10.0 Å². The van der Waals surface area contributed by atoms with Crippen LogP contribution < -0.4 is 0 Å². The Morgan fingerprint density at radius 3 is 2.70 bits per heavy atom. The monoisotopic (exact) mass is 307 g/mol. The van der Waals surface area contributed by atoms with Crippen LogP contribution in [0.4, 0.5) is 0 Å². The molecule has 5 heteroatoms. The maximum Gasteiger partial charge on any atom is 0.243 e. The van der Waals surface area contributed by atoms with Gasteiger partial charge in [-0.1, -0.05) is 12.1 Å². The summed E-state index contributed by atoms with van der Waals surface area (Å²) in [5.74, 6) is 0. The third-order valence-corrected chi connectivity index (χ3v) is 6.10. The highest BCUT2D eigenvalue weighted by Gasteiger charge is 2.38. The van der Waals surface area contributed by atoms with Gasteiger partial charge < -0.3 is 0 Å². The van der Waals surface area contributed by atoms with E-state index in [1.54, 1.807) is 33.8 Å². The predicted molar refractivity (Wildman–Crippen MR) is 81.2 cm³/mol. The number of hydrogen-bond acceptors (Lipinski definition) is 3. The fourth-order valence-electron chi connectivity index (χ4n) is 2.25. The molecule has 0 atom stereocenters. The van der Waals surface area contributed by atoms with Crippen LogP contribution in [-0.4, -0.2) is 18.8 Å². The fourth-order valence-corrected chi connectivity index (χ4v) is 4.68. The van der Waals surface area contributed by atoms with Crippen molar-refractivity contribution in [3.8, 4) is 0 Å². The summed E-state index contributed by atoms with van der Waals surface area (Å²) in [7, 11) is -3.40. The van der Waals surface area contributed by atoms with Crippen LogP contribution in [0.3, 0.4) is 0 Å². The van der Waals surface area contributed by atoms with Crippen LogP contribution in [0, 0.1) is 6.92 Å². The molecule has 1 heterocycles. The molecule has 0 unspecified atom stereocenters. The van der Waals surface area contributed by atoms with Gasteiger partial charge >= 0.3 is 0 Å². The minimum Gasteiger partial charge on any atom is -0.207 e. The summed E-state index contributed by atoms with van der Waals surface area (Å²) in [5, 5.41) is 4.00. The molecule has 106 valence electrons. The minimum absolute atomic E-state index is 0.167. The third kappa shape index (κ3) is 2.80. The van der Waals surface area contributed by atoms with Crippen LogP contribution in [0.5, 0.6) is 0 Å². The number of rotatable bonds is 5. The lowest BCUT2D eigenvalue weighted by atomic mass is 10.2. The Morgan fingerprint density at radius 1 is 1.30 bits per heavy atom. The number of thiophene rings is 1. The van der Waals surface area contributed by atoms with Crippen molar-refractivity contribution in [2.24, 2.45) is 0 Å². The molecule has 20 heavy (non-hydrogen) atoms. The summed E-state index contributed by atoms with van der Waals surface area (Å²) in [6.07, 6.45) is 1.93. The van der Waals surface area contributed by atoms with Crippen LogP contribution in [0.2, 0.25) is 0 Å². The van der Waals surface area contributed by atoms with Gasteiger partial charge in [0.05, 0.1) is 4.90 Å². The van der Waals surface area contributed by atoms with Crippen LogP contribution in [0.1, 0.15) is 24.0 Å². The highest BCUT2D eigenvalue weighted by molar-refractivity contribution is 7.89. The zero-order valence-electron chi connectivity index (χ0n) is 11.3. The minimum atomic E-state index is -3.40. The molecule has 0 radical (unpaired) electrons. The van der Waals surface area contributed by atoms with Crippen molar-refractivity contribution >= 4 is 21.4 Å². The summed E-state index contributed by atoms with van der Waals surface area (Å²) in [5.41, 5.74) is 2.04. The second kappa shape index (κ2) is 5.31. The molecule has 3 nitrogen and oxygen atoms in total. The molecule has 1 saturated carbocycles. The summed E-state index contributed by atoms with van der Waals surface area (Å²) >= 11 is 1.60. The Bertz CT molecular complexity index is 688. The molecule has 0 spiro atoms. The van der Waals surface area contributed by atoms with Gasteiger partial charge in [0.1, 0.15) is 0 Å². The maximum absolute atomic E-state index is 12.8. The van der Waals surface area contributed by atoms with Gasteiger partial charge in [-0.25, -0.2) is 8.42 Å². The molecule has 1 aromatic heterocycles. The van der Waals surface area contributed by atoms with Crippen molar-refractivity contribution in [3.63, 3.8) is 0 Å². The van der Waals surface area contributed by atoms with E-state index in [2.05, 4.69) is 0 Å². The van der Waals surface area contributed by atoms with Gasteiger partial charge in [0.2, 0.25) is 10.0 Å². The van der Waals surface area contributed by atoms with E-state index in [4.69, 9.17) is 0 Å². The largest absolute Gasteiger partial charge is 0.243 e. The smallest absolute Gasteiger partial charge is 0.207 e. The molecule has 1 fully saturated rings. The van der Waals surface area contributed by atoms with E-state index in [0.29, 0.717) is 11.4 Å². The van der Waals surface area contributed by atoms with Crippen molar-refractivity contribution in [1.29, 1.82) is 0 Å². The van der Waals surface area contributed by atoms with Gasteiger partial charge in [0.15, 0.2) is 0 Å². The van der Waals surface area contributed by atoms with E-state index >= 15 is 0 Å². The fraction of sp³-hybridized carbons (Fsp3) is 0.333. The van der Waals surface area contributed by atoms with Crippen LogP contribution in [0.15, 0.2) is 46.0 Å². The third-order valence-electron chi connectivity index (χ3n) is 3.47. The summed E-state index contributed by atoms with van der Waals surface area (Å²) in [4.78, 5) is 0.402. The second-order valence-corrected chi connectivity index (χ2v) is 7.90. The summed E-state index contributed by atoms with van der Waals surface area (Å²) in [6.45, 7) is 2.39. The molecule has 0 N–H and O–H groups in total. The molecule has 3 rings (SSSR count). The summed E-state index contributed by atoms with van der Waals surface area (Å²) in [6, 6.07) is 9.31. The van der Waals surface area contributed by atoms with Gasteiger partial charge in [0, 0.05) is 12.6 Å². The number of aryl methyl sites for hydroxylation is 1. The Hall–Kier alpha value is -1.17. The highest BCUT2D eigenvalue weighted by atomic mass is 32.2. The summed E-state index contributed by atoms with van der Waals surface area (Å²) < 4.78 is 27.3. The van der Waals surface area contributed by atoms with Crippen LogP contribution in [-0.2, 0) is 16.6 Å². The molecule has 1 aliphatic rings. The first kappa shape index (κ1) is 13.8. The quantitative estimate of drug-likeness (QED) is 0.849. The molecule has 0 amide bonds. The van der Waals surface area contributed by atoms with E-state index in [0.717, 1.165) is 24.0 Å². The molecule has 1 aliphatic carbocycles. The molecule has 1 aromatic carbocycles. The van der Waals surface area contributed by atoms with E-state index in [1.165, 1.54) is 0 Å². The molecular weight excluding hydrogens is 290 g/mol.